The fraction of sp³-hybridized carbons (Fsp3) is 0.327. The van der Waals surface area contributed by atoms with Gasteiger partial charge in [-0.05, 0) is 226 Å². The van der Waals surface area contributed by atoms with E-state index in [0.29, 0.717) is 57.8 Å². The second-order valence-corrected chi connectivity index (χ2v) is 31.7. The minimum atomic E-state index is -2.13. The number of nitrogens with zero attached hydrogens (tertiary/aromatic N) is 8. The van der Waals surface area contributed by atoms with Crippen LogP contribution < -0.4 is 18.3 Å². The van der Waals surface area contributed by atoms with Crippen molar-refractivity contribution in [1.82, 2.24) is 18.3 Å². The fourth-order valence-electron chi connectivity index (χ4n) is 15.7. The Morgan fingerprint density at radius 3 is 1.06 bits per heavy atom. The molecule has 8 aromatic heterocycles. The predicted molar refractivity (Wildman–Crippen MR) is 461 cm³/mol. The molecule has 0 aliphatic carbocycles. The second-order valence-electron chi connectivity index (χ2n) is 31.7. The van der Waals surface area contributed by atoms with Crippen molar-refractivity contribution in [3.8, 4) is 68.3 Å². The van der Waals surface area contributed by atoms with Crippen LogP contribution in [0.4, 0.5) is 0 Å². The molecule has 6 aromatic carbocycles. The molecule has 0 bridgehead atoms. The SMILES string of the molecule is [2H]C([2H])([2H])c1c[n+](C)c(-c2c(C)c3ccccc3n2-c2ccccc2C(C)C)cc1C.[2H]C([2H])([2H])c1c[n+](C)c(-c2c(C)ccn2-c2c(C(C)C)cccc2C(C)C)cc1C.[2H]C([2H])([2H])c1c[n+](C)c(-c2c(C)ccn2-c2ccccc2C(C)C)cc1C.[2H]C([2H])([2H])c1ccc(-c2c(C)c3ccccc3n2-c2c(C(C)C)cccc2C(C)C)[n+](C)c1. The van der Waals surface area contributed by atoms with Crippen LogP contribution in [0.1, 0.15) is 230 Å². The topological polar surface area (TPSA) is 35.2 Å². The van der Waals surface area contributed by atoms with Gasteiger partial charge in [0.15, 0.2) is 24.8 Å². The van der Waals surface area contributed by atoms with Gasteiger partial charge in [0.1, 0.15) is 51.0 Å². The van der Waals surface area contributed by atoms with Gasteiger partial charge >= 0.3 is 0 Å². The van der Waals surface area contributed by atoms with Crippen LogP contribution in [0.3, 0.4) is 0 Å². The Balaban J connectivity index is 0.000000158. The highest BCUT2D eigenvalue weighted by molar-refractivity contribution is 5.94. The number of aromatic nitrogens is 8. The van der Waals surface area contributed by atoms with Crippen LogP contribution in [0, 0.1) is 75.9 Å². The molecule has 0 spiro atoms. The standard InChI is InChI=1S/C28H33N2.C26H29N2.C25H33N2.C22H27N2/c1-18(2)22-12-10-13-23(19(3)4)28(22)30-25-14-9-8-11-24(25)21(6)27(30)26-16-15-20(5)17-29(26)7;1-17(2)21-11-7-9-13-23(21)28-24-14-10-8-12-22(24)20(5)26(28)25-15-18(3)19(4)16-27(25)6;1-16(2)21-10-9-11-22(17(3)4)25(21)27-13-12-18(5)24(27)23-14-19(6)20(7)15-26(23)8;1-15(2)19-9-7-8-10-20(19)24-12-11-16(3)22(24)21-13-17(4)18(5)14-23(21)6/h8-19H,1-7H3;7-17H,1-6H3;9-17H,1-8H3;7-15H,1-6H3/q4*+1/i5D3;4D3;7D3;5D3. The number of aryl methyl sites for hydroxylation is 15. The van der Waals surface area contributed by atoms with Gasteiger partial charge in [-0.2, -0.15) is 18.3 Å². The molecule has 0 aliphatic heterocycles. The quantitative estimate of drug-likeness (QED) is 0.0973. The minimum absolute atomic E-state index is 0.347. The number of para-hydroxylation sites is 6. The summed E-state index contributed by atoms with van der Waals surface area (Å²) in [7, 11) is 7.71. The molecule has 109 heavy (non-hydrogen) atoms. The van der Waals surface area contributed by atoms with Crippen LogP contribution in [-0.4, -0.2) is 18.3 Å². The van der Waals surface area contributed by atoms with E-state index >= 15 is 0 Å². The lowest BCUT2D eigenvalue weighted by molar-refractivity contribution is -0.661. The Morgan fingerprint density at radius 2 is 0.633 bits per heavy atom. The molecule has 562 valence electrons. The van der Waals surface area contributed by atoms with Crippen molar-refractivity contribution in [2.75, 3.05) is 0 Å². The molecule has 0 unspecified atom stereocenters. The molecular weight excluding hydrogens is 1330 g/mol. The van der Waals surface area contributed by atoms with Crippen LogP contribution in [0.5, 0.6) is 0 Å². The average Bonchev–Trinajstić information content (AvgIpc) is 1.59. The van der Waals surface area contributed by atoms with Crippen molar-refractivity contribution in [3.05, 3.63) is 308 Å². The summed E-state index contributed by atoms with van der Waals surface area (Å²) >= 11 is 0. The molecule has 0 N–H and O–H groups in total. The Bertz CT molecular complexity index is 6090. The first-order valence-corrected chi connectivity index (χ1v) is 38.7. The summed E-state index contributed by atoms with van der Waals surface area (Å²) in [5.74, 6) is 2.29. The summed E-state index contributed by atoms with van der Waals surface area (Å²) in [5.41, 5.74) is 31.9. The summed E-state index contributed by atoms with van der Waals surface area (Å²) in [6.45, 7) is 32.4. The van der Waals surface area contributed by atoms with E-state index in [1.807, 2.05) is 91.5 Å². The molecule has 0 aliphatic rings. The van der Waals surface area contributed by atoms with Gasteiger partial charge in [-0.25, -0.2) is 0 Å². The van der Waals surface area contributed by atoms with E-state index in [2.05, 4.69) is 287 Å². The highest BCUT2D eigenvalue weighted by atomic mass is 15.1. The lowest BCUT2D eigenvalue weighted by Gasteiger charge is -2.23. The second kappa shape index (κ2) is 33.2. The van der Waals surface area contributed by atoms with E-state index < -0.39 is 27.4 Å². The molecule has 0 amide bonds. The first kappa shape index (κ1) is 64.5. The van der Waals surface area contributed by atoms with E-state index in [4.69, 9.17) is 16.4 Å². The highest BCUT2D eigenvalue weighted by Gasteiger charge is 2.30. The smallest absolute Gasteiger partial charge is 0.229 e. The van der Waals surface area contributed by atoms with Crippen molar-refractivity contribution in [3.63, 3.8) is 0 Å². The molecule has 0 atom stereocenters. The van der Waals surface area contributed by atoms with Crippen molar-refractivity contribution in [1.29, 1.82) is 0 Å². The van der Waals surface area contributed by atoms with E-state index in [1.54, 1.807) is 30.9 Å². The summed E-state index contributed by atoms with van der Waals surface area (Å²) in [6.07, 6.45) is 11.2. The fourth-order valence-corrected chi connectivity index (χ4v) is 15.7. The van der Waals surface area contributed by atoms with Crippen molar-refractivity contribution >= 4 is 21.8 Å². The van der Waals surface area contributed by atoms with Gasteiger partial charge in [0.2, 0.25) is 22.8 Å². The molecule has 14 aromatic rings. The molecule has 8 nitrogen and oxygen atoms in total. The Kier molecular flexibility index (Phi) is 19.7. The summed E-state index contributed by atoms with van der Waals surface area (Å²) < 4.78 is 111. The maximum atomic E-state index is 7.88. The van der Waals surface area contributed by atoms with Gasteiger partial charge in [-0.3, -0.25) is 0 Å². The third kappa shape index (κ3) is 15.9. The molecule has 0 saturated carbocycles. The zero-order chi connectivity index (χ0) is 88.9. The lowest BCUT2D eigenvalue weighted by Crippen LogP contribution is -2.32. The number of pyridine rings is 4. The number of hydrogen-bond acceptors (Lipinski definition) is 0. The zero-order valence-corrected chi connectivity index (χ0v) is 68.7. The van der Waals surface area contributed by atoms with E-state index in [-0.39, 0.29) is 0 Å². The molecule has 14 rings (SSSR count). The Labute approximate surface area is 670 Å². The number of rotatable bonds is 14. The highest BCUT2D eigenvalue weighted by Crippen LogP contribution is 2.43. The maximum Gasteiger partial charge on any atom is 0.229 e. The summed E-state index contributed by atoms with van der Waals surface area (Å²) in [6, 6.07) is 61.1. The van der Waals surface area contributed by atoms with Gasteiger partial charge in [0.25, 0.3) is 0 Å². The van der Waals surface area contributed by atoms with Gasteiger partial charge in [-0.15, -0.1) is 0 Å². The van der Waals surface area contributed by atoms with Gasteiger partial charge in [-0.1, -0.05) is 192 Å². The number of hydrogen-bond donors (Lipinski definition) is 0. The van der Waals surface area contributed by atoms with Crippen molar-refractivity contribution < 1.29 is 34.7 Å². The zero-order valence-electron chi connectivity index (χ0n) is 80.7. The maximum absolute atomic E-state index is 7.88. The van der Waals surface area contributed by atoms with Crippen LogP contribution in [-0.2, 0) is 28.2 Å². The van der Waals surface area contributed by atoms with E-state index in [1.165, 1.54) is 77.7 Å². The average molecular weight is 1460 g/mol. The van der Waals surface area contributed by atoms with E-state index in [0.717, 1.165) is 84.7 Å². The largest absolute Gasteiger partial charge is 0.311 e. The molecule has 8 heteroatoms. The first-order chi connectivity index (χ1) is 56.7. The molecule has 8 heterocycles. The predicted octanol–water partition coefficient (Wildman–Crippen LogP) is 24.3. The first-order valence-electron chi connectivity index (χ1n) is 44.7. The third-order valence-electron chi connectivity index (χ3n) is 21.7. The summed E-state index contributed by atoms with van der Waals surface area (Å²) in [5, 5.41) is 2.41. The van der Waals surface area contributed by atoms with E-state index in [9.17, 15) is 0 Å². The Hall–Kier alpha value is -10.4. The molecule has 0 fully saturated rings. The van der Waals surface area contributed by atoms with Gasteiger partial charge in [0, 0.05) is 97.5 Å². The Morgan fingerprint density at radius 1 is 0.284 bits per heavy atom. The van der Waals surface area contributed by atoms with Crippen LogP contribution in [0.15, 0.2) is 213 Å². The minimum Gasteiger partial charge on any atom is -0.311 e. The number of fused-ring (bicyclic) bond motifs is 2. The monoisotopic (exact) mass is 1460 g/mol. The normalized spacial score (nSPS) is 13.7. The van der Waals surface area contributed by atoms with Gasteiger partial charge < -0.3 is 18.3 Å². The molecule has 0 saturated heterocycles. The van der Waals surface area contributed by atoms with Gasteiger partial charge in [0.05, 0.1) is 22.4 Å². The summed E-state index contributed by atoms with van der Waals surface area (Å²) in [4.78, 5) is 0. The van der Waals surface area contributed by atoms with Crippen LogP contribution >= 0.6 is 0 Å². The molecule has 0 radical (unpaired) electrons. The third-order valence-corrected chi connectivity index (χ3v) is 21.7. The lowest BCUT2D eigenvalue weighted by atomic mass is 9.92. The molecular formula is C101H122N8+4. The van der Waals surface area contributed by atoms with Crippen molar-refractivity contribution in [2.45, 2.75) is 194 Å². The number of benzene rings is 6. The van der Waals surface area contributed by atoms with Crippen LogP contribution in [0.25, 0.3) is 90.1 Å². The van der Waals surface area contributed by atoms with Crippen LogP contribution in [0.2, 0.25) is 0 Å². The van der Waals surface area contributed by atoms with Crippen molar-refractivity contribution in [2.24, 2.45) is 28.2 Å².